The number of hydrogen-bond acceptors (Lipinski definition) is 3. The molecule has 1 aromatic rings. The quantitative estimate of drug-likeness (QED) is 0.815. The first-order chi connectivity index (χ1) is 7.86. The largest absolute Gasteiger partial charge is 0.324 e. The van der Waals surface area contributed by atoms with Crippen molar-refractivity contribution >= 4 is 11.6 Å². The molecule has 4 heteroatoms. The molecule has 1 aromatic carbocycles. The molecule has 0 spiro atoms. The van der Waals surface area contributed by atoms with Crippen LogP contribution in [0.15, 0.2) is 24.3 Å². The molecular weight excluding hydrogens is 214 g/mol. The molecule has 1 atom stereocenters. The number of nitrogens with two attached hydrogens (primary N) is 1. The van der Waals surface area contributed by atoms with Crippen molar-refractivity contribution in [1.29, 1.82) is 5.26 Å². The summed E-state index contributed by atoms with van der Waals surface area (Å²) in [4.78, 5) is 11.9. The predicted octanol–water partition coefficient (Wildman–Crippen LogP) is 1.87. The number of nitrogens with one attached hydrogen (secondary N) is 1. The van der Waals surface area contributed by atoms with E-state index in [-0.39, 0.29) is 11.3 Å². The highest BCUT2D eigenvalue weighted by molar-refractivity contribution is 5.96. The van der Waals surface area contributed by atoms with Gasteiger partial charge in [-0.2, -0.15) is 5.26 Å². The number of amides is 1. The number of carbonyl (C=O) groups excluding carboxylic acids is 1. The number of benzene rings is 1. The lowest BCUT2D eigenvalue weighted by Gasteiger charge is -2.25. The van der Waals surface area contributed by atoms with Crippen LogP contribution in [0.25, 0.3) is 0 Å². The van der Waals surface area contributed by atoms with Crippen LogP contribution >= 0.6 is 0 Å². The van der Waals surface area contributed by atoms with Gasteiger partial charge in [-0.1, -0.05) is 32.9 Å². The summed E-state index contributed by atoms with van der Waals surface area (Å²) in [6.45, 7) is 5.69. The van der Waals surface area contributed by atoms with Crippen LogP contribution in [0.3, 0.4) is 0 Å². The molecule has 1 amide bonds. The fourth-order valence-electron chi connectivity index (χ4n) is 1.29. The average molecular weight is 231 g/mol. The minimum absolute atomic E-state index is 0.278. The molecule has 0 aliphatic rings. The SMILES string of the molecule is CC(C)(C)[C@H](N)C(=O)Nc1ccccc1C#N. The Bertz CT molecular complexity index is 454. The summed E-state index contributed by atoms with van der Waals surface area (Å²) >= 11 is 0. The number of hydrogen-bond donors (Lipinski definition) is 2. The fourth-order valence-corrected chi connectivity index (χ4v) is 1.29. The van der Waals surface area contributed by atoms with Crippen molar-refractivity contribution < 1.29 is 4.79 Å². The topological polar surface area (TPSA) is 78.9 Å². The lowest BCUT2D eigenvalue weighted by atomic mass is 9.87. The van der Waals surface area contributed by atoms with Gasteiger partial charge in [-0.15, -0.1) is 0 Å². The maximum atomic E-state index is 11.9. The maximum Gasteiger partial charge on any atom is 0.241 e. The third-order valence-corrected chi connectivity index (χ3v) is 2.52. The summed E-state index contributed by atoms with van der Waals surface area (Å²) in [7, 11) is 0. The van der Waals surface area contributed by atoms with Crippen LogP contribution in [0.5, 0.6) is 0 Å². The molecule has 90 valence electrons. The lowest BCUT2D eigenvalue weighted by molar-refractivity contribution is -0.119. The van der Waals surface area contributed by atoms with Gasteiger partial charge < -0.3 is 11.1 Å². The summed E-state index contributed by atoms with van der Waals surface area (Å²) in [5.41, 5.74) is 6.46. The summed E-state index contributed by atoms with van der Waals surface area (Å²) in [5.74, 6) is -0.278. The van der Waals surface area contributed by atoms with Crippen molar-refractivity contribution in [2.45, 2.75) is 26.8 Å². The van der Waals surface area contributed by atoms with Gasteiger partial charge in [0, 0.05) is 0 Å². The van der Waals surface area contributed by atoms with Gasteiger partial charge in [-0.25, -0.2) is 0 Å². The van der Waals surface area contributed by atoms with Crippen molar-refractivity contribution in [2.24, 2.45) is 11.1 Å². The number of nitriles is 1. The fraction of sp³-hybridized carbons (Fsp3) is 0.385. The first-order valence-corrected chi connectivity index (χ1v) is 5.42. The molecule has 0 aliphatic carbocycles. The second kappa shape index (κ2) is 4.98. The molecule has 0 saturated carbocycles. The minimum Gasteiger partial charge on any atom is -0.324 e. The zero-order valence-electron chi connectivity index (χ0n) is 10.3. The van der Waals surface area contributed by atoms with Gasteiger partial charge in [-0.05, 0) is 17.5 Å². The average Bonchev–Trinajstić information content (AvgIpc) is 2.27. The summed E-state index contributed by atoms with van der Waals surface area (Å²) in [5, 5.41) is 11.6. The van der Waals surface area contributed by atoms with Gasteiger partial charge in [0.05, 0.1) is 17.3 Å². The van der Waals surface area contributed by atoms with E-state index >= 15 is 0 Å². The zero-order chi connectivity index (χ0) is 13.1. The maximum absolute atomic E-state index is 11.9. The minimum atomic E-state index is -0.616. The van der Waals surface area contributed by atoms with E-state index in [1.807, 2.05) is 26.8 Å². The normalized spacial score (nSPS) is 12.6. The van der Waals surface area contributed by atoms with E-state index in [4.69, 9.17) is 11.0 Å². The molecule has 0 saturated heterocycles. The van der Waals surface area contributed by atoms with Crippen molar-refractivity contribution in [2.75, 3.05) is 5.32 Å². The Morgan fingerprint density at radius 2 is 2.00 bits per heavy atom. The Balaban J connectivity index is 2.86. The van der Waals surface area contributed by atoms with E-state index in [0.717, 1.165) is 0 Å². The monoisotopic (exact) mass is 231 g/mol. The van der Waals surface area contributed by atoms with E-state index in [1.165, 1.54) is 0 Å². The highest BCUT2D eigenvalue weighted by Gasteiger charge is 2.27. The number of para-hydroxylation sites is 1. The van der Waals surface area contributed by atoms with Crippen LogP contribution in [-0.4, -0.2) is 11.9 Å². The Morgan fingerprint density at radius 1 is 1.41 bits per heavy atom. The van der Waals surface area contributed by atoms with E-state index in [9.17, 15) is 4.79 Å². The van der Waals surface area contributed by atoms with E-state index in [1.54, 1.807) is 24.3 Å². The molecule has 3 N–H and O–H groups in total. The molecule has 0 heterocycles. The summed E-state index contributed by atoms with van der Waals surface area (Å²) < 4.78 is 0. The third kappa shape index (κ3) is 3.30. The first-order valence-electron chi connectivity index (χ1n) is 5.42. The van der Waals surface area contributed by atoms with Crippen molar-refractivity contribution in [3.63, 3.8) is 0 Å². The number of anilines is 1. The van der Waals surface area contributed by atoms with Crippen LogP contribution in [-0.2, 0) is 4.79 Å². The van der Waals surface area contributed by atoms with E-state index in [0.29, 0.717) is 11.3 Å². The second-order valence-corrected chi connectivity index (χ2v) is 4.99. The van der Waals surface area contributed by atoms with Gasteiger partial charge >= 0.3 is 0 Å². The predicted molar refractivity (Wildman–Crippen MR) is 67.2 cm³/mol. The Morgan fingerprint density at radius 3 is 2.53 bits per heavy atom. The summed E-state index contributed by atoms with van der Waals surface area (Å²) in [6, 6.07) is 8.25. The Labute approximate surface area is 101 Å². The molecular formula is C13H17N3O. The molecule has 4 nitrogen and oxygen atoms in total. The van der Waals surface area contributed by atoms with Gasteiger partial charge in [0.25, 0.3) is 0 Å². The van der Waals surface area contributed by atoms with Crippen LogP contribution in [0.4, 0.5) is 5.69 Å². The van der Waals surface area contributed by atoms with Crippen molar-refractivity contribution in [1.82, 2.24) is 0 Å². The van der Waals surface area contributed by atoms with Gasteiger partial charge in [0.2, 0.25) is 5.91 Å². The molecule has 0 fully saturated rings. The molecule has 17 heavy (non-hydrogen) atoms. The highest BCUT2D eigenvalue weighted by atomic mass is 16.2. The number of nitrogens with zero attached hydrogens (tertiary/aromatic N) is 1. The molecule has 1 rings (SSSR count). The molecule has 0 aliphatic heterocycles. The molecule has 0 bridgehead atoms. The first kappa shape index (κ1) is 13.2. The zero-order valence-corrected chi connectivity index (χ0v) is 10.3. The Kier molecular flexibility index (Phi) is 3.87. The standard InChI is InChI=1S/C13H17N3O/c1-13(2,3)11(15)12(17)16-10-7-5-4-6-9(10)8-14/h4-7,11H,15H2,1-3H3,(H,16,17)/t11-/m1/s1. The number of rotatable bonds is 2. The van der Waals surface area contributed by atoms with Crippen LogP contribution < -0.4 is 11.1 Å². The Hall–Kier alpha value is -1.86. The van der Waals surface area contributed by atoms with Crippen LogP contribution in [0.2, 0.25) is 0 Å². The smallest absolute Gasteiger partial charge is 0.241 e. The summed E-state index contributed by atoms with van der Waals surface area (Å²) in [6.07, 6.45) is 0. The molecule has 0 unspecified atom stereocenters. The second-order valence-electron chi connectivity index (χ2n) is 4.99. The van der Waals surface area contributed by atoms with Gasteiger partial charge in [0.15, 0.2) is 0 Å². The number of carbonyl (C=O) groups is 1. The van der Waals surface area contributed by atoms with Gasteiger partial charge in [0.1, 0.15) is 6.07 Å². The van der Waals surface area contributed by atoms with E-state index < -0.39 is 6.04 Å². The van der Waals surface area contributed by atoms with Crippen LogP contribution in [0, 0.1) is 16.7 Å². The highest BCUT2D eigenvalue weighted by Crippen LogP contribution is 2.20. The third-order valence-electron chi connectivity index (χ3n) is 2.52. The molecule has 0 radical (unpaired) electrons. The van der Waals surface area contributed by atoms with E-state index in [2.05, 4.69) is 5.32 Å². The van der Waals surface area contributed by atoms with Crippen molar-refractivity contribution in [3.8, 4) is 6.07 Å². The van der Waals surface area contributed by atoms with Crippen LogP contribution in [0.1, 0.15) is 26.3 Å². The van der Waals surface area contributed by atoms with Gasteiger partial charge in [-0.3, -0.25) is 4.79 Å². The molecule has 0 aromatic heterocycles. The van der Waals surface area contributed by atoms with Crippen molar-refractivity contribution in [3.05, 3.63) is 29.8 Å². The lowest BCUT2D eigenvalue weighted by Crippen LogP contribution is -2.45.